The fourth-order valence-corrected chi connectivity index (χ4v) is 6.02. The van der Waals surface area contributed by atoms with Gasteiger partial charge in [-0.15, -0.1) is 0 Å². The van der Waals surface area contributed by atoms with Crippen molar-refractivity contribution in [2.75, 3.05) is 20.7 Å². The molecule has 10 nitrogen and oxygen atoms in total. The third-order valence-corrected chi connectivity index (χ3v) is 8.75. The first-order valence-electron chi connectivity index (χ1n) is 14.7. The highest BCUT2D eigenvalue weighted by molar-refractivity contribution is 6.04. The van der Waals surface area contributed by atoms with Crippen molar-refractivity contribution in [2.45, 2.75) is 70.4 Å². The van der Waals surface area contributed by atoms with Crippen molar-refractivity contribution < 1.29 is 27.4 Å². The molecule has 4 heterocycles. The van der Waals surface area contributed by atoms with Gasteiger partial charge in [0.25, 0.3) is 0 Å². The molecule has 2 atom stereocenters. The number of aromatic nitrogens is 4. The number of aliphatic imine (C=N–C) groups is 2. The maximum Gasteiger partial charge on any atom is 0.434 e. The van der Waals surface area contributed by atoms with Crippen molar-refractivity contribution in [3.8, 4) is 17.3 Å². The average Bonchev–Trinajstić information content (AvgIpc) is 3.78. The van der Waals surface area contributed by atoms with Crippen LogP contribution in [0.4, 0.5) is 17.6 Å². The quantitative estimate of drug-likeness (QED) is 0.225. The molecule has 1 saturated carbocycles. The van der Waals surface area contributed by atoms with E-state index in [0.29, 0.717) is 40.5 Å². The molecular formula is C31H34F4N8O2. The van der Waals surface area contributed by atoms with Crippen LogP contribution in [-0.4, -0.2) is 73.9 Å². The lowest BCUT2D eigenvalue weighted by Gasteiger charge is -2.40. The number of amidine groups is 1. The lowest BCUT2D eigenvalue weighted by atomic mass is 9.91. The van der Waals surface area contributed by atoms with Crippen LogP contribution in [0.1, 0.15) is 73.0 Å². The SMILES string of the molecule is C=N/C(=N\C1=C(C)N(C)C(O)CN1Cc1cc(F)c2c(c1)C(C)CCn1cc(C(F)(F)F)nc1-2)c1c(OC)ncnc1C1CC1. The van der Waals surface area contributed by atoms with Gasteiger partial charge in [-0.3, -0.25) is 0 Å². The van der Waals surface area contributed by atoms with Crippen molar-refractivity contribution in [2.24, 2.45) is 9.98 Å². The lowest BCUT2D eigenvalue weighted by molar-refractivity contribution is -0.140. The Morgan fingerprint density at radius 2 is 1.96 bits per heavy atom. The number of rotatable bonds is 6. The zero-order valence-corrected chi connectivity index (χ0v) is 25.4. The van der Waals surface area contributed by atoms with Gasteiger partial charge in [0.05, 0.1) is 30.6 Å². The summed E-state index contributed by atoms with van der Waals surface area (Å²) >= 11 is 0. The zero-order chi connectivity index (χ0) is 32.2. The summed E-state index contributed by atoms with van der Waals surface area (Å²) in [5.74, 6) is 0.458. The maximum atomic E-state index is 15.9. The Bertz CT molecular complexity index is 1710. The van der Waals surface area contributed by atoms with E-state index in [1.54, 1.807) is 11.9 Å². The average molecular weight is 627 g/mol. The van der Waals surface area contributed by atoms with Gasteiger partial charge < -0.3 is 24.2 Å². The second-order valence-corrected chi connectivity index (χ2v) is 11.8. The molecule has 1 N–H and O–H groups in total. The van der Waals surface area contributed by atoms with E-state index in [1.165, 1.54) is 24.1 Å². The number of aryl methyl sites for hydroxylation is 1. The fourth-order valence-electron chi connectivity index (χ4n) is 6.02. The largest absolute Gasteiger partial charge is 0.480 e. The number of ether oxygens (including phenoxy) is 1. The predicted molar refractivity (Wildman–Crippen MR) is 159 cm³/mol. The second-order valence-electron chi connectivity index (χ2n) is 11.8. The van der Waals surface area contributed by atoms with E-state index in [0.717, 1.165) is 24.7 Å². The van der Waals surface area contributed by atoms with E-state index in [1.807, 2.05) is 24.8 Å². The number of nitrogens with zero attached hydrogens (tertiary/aromatic N) is 8. The molecule has 1 aliphatic carbocycles. The lowest BCUT2D eigenvalue weighted by Crippen LogP contribution is -2.46. The number of β-amino-alcohol motifs (C(OH)–C–C–N with tert-alkyl or cyclic N) is 1. The molecule has 0 radical (unpaired) electrons. The zero-order valence-electron chi connectivity index (χ0n) is 25.4. The number of hydrogen-bond donors (Lipinski definition) is 1. The minimum absolute atomic E-state index is 0.0334. The van der Waals surface area contributed by atoms with Crippen molar-refractivity contribution in [1.29, 1.82) is 0 Å². The number of halogens is 4. The van der Waals surface area contributed by atoms with Crippen LogP contribution >= 0.6 is 0 Å². The molecule has 0 bridgehead atoms. The van der Waals surface area contributed by atoms with E-state index in [2.05, 4.69) is 26.7 Å². The highest BCUT2D eigenvalue weighted by Gasteiger charge is 2.37. The van der Waals surface area contributed by atoms with Crippen LogP contribution < -0.4 is 4.74 Å². The Morgan fingerprint density at radius 3 is 2.62 bits per heavy atom. The second kappa shape index (κ2) is 11.5. The number of allylic oxidation sites excluding steroid dienone is 1. The van der Waals surface area contributed by atoms with Crippen LogP contribution in [0.3, 0.4) is 0 Å². The maximum absolute atomic E-state index is 15.9. The summed E-state index contributed by atoms with van der Waals surface area (Å²) in [6.45, 7) is 8.07. The molecule has 2 aliphatic heterocycles. The Kier molecular flexibility index (Phi) is 7.88. The van der Waals surface area contributed by atoms with Gasteiger partial charge in [0.2, 0.25) is 5.88 Å². The number of benzene rings is 1. The van der Waals surface area contributed by atoms with Crippen LogP contribution in [0.5, 0.6) is 5.88 Å². The summed E-state index contributed by atoms with van der Waals surface area (Å²) in [5.41, 5.74) is 2.14. The van der Waals surface area contributed by atoms with Crippen LogP contribution in [0.25, 0.3) is 11.4 Å². The number of aliphatic hydroxyl groups is 1. The molecule has 0 amide bonds. The molecule has 2 aromatic heterocycles. The molecule has 1 fully saturated rings. The minimum atomic E-state index is -4.64. The number of aliphatic hydroxyl groups excluding tert-OH is 1. The minimum Gasteiger partial charge on any atom is -0.480 e. The molecular weight excluding hydrogens is 592 g/mol. The Hall–Kier alpha value is -4.33. The number of likely N-dealkylation sites (N-methyl/N-ethyl adjacent to an activating group) is 1. The van der Waals surface area contributed by atoms with Crippen LogP contribution in [-0.2, 0) is 19.3 Å². The molecule has 45 heavy (non-hydrogen) atoms. The van der Waals surface area contributed by atoms with Gasteiger partial charge in [0.15, 0.2) is 17.4 Å². The normalized spacial score (nSPS) is 20.6. The highest BCUT2D eigenvalue weighted by atomic mass is 19.4. The third kappa shape index (κ3) is 5.67. The summed E-state index contributed by atoms with van der Waals surface area (Å²) in [7, 11) is 3.26. The first-order chi connectivity index (χ1) is 21.4. The van der Waals surface area contributed by atoms with Crippen molar-refractivity contribution in [1.82, 2.24) is 29.3 Å². The van der Waals surface area contributed by atoms with E-state index >= 15 is 4.39 Å². The van der Waals surface area contributed by atoms with E-state index in [9.17, 15) is 18.3 Å². The number of methoxy groups -OCH3 is 1. The molecule has 1 aromatic carbocycles. The highest BCUT2D eigenvalue weighted by Crippen LogP contribution is 2.43. The first-order valence-corrected chi connectivity index (χ1v) is 14.7. The Labute approximate surface area is 257 Å². The summed E-state index contributed by atoms with van der Waals surface area (Å²) < 4.78 is 63.3. The molecule has 0 spiro atoms. The van der Waals surface area contributed by atoms with Gasteiger partial charge in [0.1, 0.15) is 29.8 Å². The van der Waals surface area contributed by atoms with Crippen LogP contribution in [0.15, 0.2) is 46.2 Å². The first kappa shape index (κ1) is 30.7. The number of alkyl halides is 3. The summed E-state index contributed by atoms with van der Waals surface area (Å²) in [6, 6.07) is 3.13. The van der Waals surface area contributed by atoms with Crippen LogP contribution in [0.2, 0.25) is 0 Å². The van der Waals surface area contributed by atoms with Gasteiger partial charge >= 0.3 is 6.18 Å². The van der Waals surface area contributed by atoms with Gasteiger partial charge in [-0.05, 0) is 56.0 Å². The standard InChI is InChI=1S/C31H34F4N8O2/c1-16-8-9-42-13-22(31(33,34)35)39-29(42)24-20(16)10-18(11-21(24)32)12-43-14-23(44)41(4)17(2)28(43)40-27(36-3)25-26(19-6-7-19)37-15-38-30(25)45-5/h10-11,13,15-16,19,23,44H,3,6-9,12,14H2,1-2,4-5H3/b40-27-. The number of fused-ring (bicyclic) bond motifs is 3. The number of hydrogen-bond acceptors (Lipinski definition) is 8. The van der Waals surface area contributed by atoms with E-state index in [-0.39, 0.29) is 48.7 Å². The molecule has 2 unspecified atom stereocenters. The molecule has 3 aromatic rings. The number of imidazole rings is 1. The van der Waals surface area contributed by atoms with E-state index < -0.39 is 23.9 Å². The predicted octanol–water partition coefficient (Wildman–Crippen LogP) is 5.29. The van der Waals surface area contributed by atoms with Crippen molar-refractivity contribution in [3.63, 3.8) is 0 Å². The molecule has 238 valence electrons. The van der Waals surface area contributed by atoms with Gasteiger partial charge in [0, 0.05) is 32.3 Å². The summed E-state index contributed by atoms with van der Waals surface area (Å²) in [6.07, 6.45) is -0.668. The van der Waals surface area contributed by atoms with Crippen molar-refractivity contribution >= 4 is 12.6 Å². The Morgan fingerprint density at radius 1 is 1.20 bits per heavy atom. The van der Waals surface area contributed by atoms with Gasteiger partial charge in [-0.2, -0.15) is 13.2 Å². The van der Waals surface area contributed by atoms with E-state index in [4.69, 9.17) is 9.73 Å². The van der Waals surface area contributed by atoms with Gasteiger partial charge in [-0.1, -0.05) is 13.0 Å². The molecule has 3 aliphatic rings. The summed E-state index contributed by atoms with van der Waals surface area (Å²) in [5, 5.41) is 10.9. The molecule has 0 saturated heterocycles. The fraction of sp³-hybridized carbons (Fsp3) is 0.452. The molecule has 14 heteroatoms. The third-order valence-electron chi connectivity index (χ3n) is 8.75. The summed E-state index contributed by atoms with van der Waals surface area (Å²) in [4.78, 5) is 25.2. The topological polar surface area (TPSA) is 104 Å². The van der Waals surface area contributed by atoms with Crippen molar-refractivity contribution in [3.05, 3.63) is 70.1 Å². The molecule has 6 rings (SSSR count). The smallest absolute Gasteiger partial charge is 0.434 e. The Balaban J connectivity index is 1.41. The van der Waals surface area contributed by atoms with Crippen LogP contribution in [0, 0.1) is 5.82 Å². The van der Waals surface area contributed by atoms with Gasteiger partial charge in [-0.25, -0.2) is 29.3 Å². The monoisotopic (exact) mass is 626 g/mol.